The van der Waals surface area contributed by atoms with Crippen molar-refractivity contribution in [1.29, 1.82) is 0 Å². The normalized spacial score (nSPS) is 12.7. The van der Waals surface area contributed by atoms with Gasteiger partial charge in [0.25, 0.3) is 0 Å². The molecule has 2 aromatic heterocycles. The number of nitrogens with zero attached hydrogens (tertiary/aromatic N) is 2. The van der Waals surface area contributed by atoms with E-state index in [2.05, 4.69) is 31.2 Å². The summed E-state index contributed by atoms with van der Waals surface area (Å²) in [6, 6.07) is 6.82. The fourth-order valence-corrected chi connectivity index (χ4v) is 2.37. The molecule has 7 heteroatoms. The Bertz CT molecular complexity index is 674. The number of aromatic nitrogens is 2. The van der Waals surface area contributed by atoms with E-state index in [1.165, 1.54) is 6.20 Å². The number of hydrogen-bond acceptors (Lipinski definition) is 4. The van der Waals surface area contributed by atoms with Crippen LogP contribution in [0, 0.1) is 0 Å². The third-order valence-electron chi connectivity index (χ3n) is 3.38. The molecule has 2 rings (SSSR count). The van der Waals surface area contributed by atoms with Crippen molar-refractivity contribution in [3.05, 3.63) is 52.5 Å². The van der Waals surface area contributed by atoms with Crippen molar-refractivity contribution in [2.24, 2.45) is 0 Å². The molecule has 0 bridgehead atoms. The highest BCUT2D eigenvalue weighted by Gasteiger charge is 2.33. The SMILES string of the molecule is CC(C)(c1cc(Br)ccn1)C(O)c1ccc(NC(=O)O)cn1. The van der Waals surface area contributed by atoms with E-state index < -0.39 is 17.6 Å². The molecule has 0 fully saturated rings. The Labute approximate surface area is 136 Å². The van der Waals surface area contributed by atoms with Crippen LogP contribution in [-0.4, -0.2) is 26.3 Å². The van der Waals surface area contributed by atoms with Gasteiger partial charge in [-0.15, -0.1) is 0 Å². The van der Waals surface area contributed by atoms with Crippen molar-refractivity contribution >= 4 is 27.7 Å². The largest absolute Gasteiger partial charge is 0.465 e. The Morgan fingerprint density at radius 2 is 2.05 bits per heavy atom. The van der Waals surface area contributed by atoms with Crippen molar-refractivity contribution in [2.75, 3.05) is 5.32 Å². The fraction of sp³-hybridized carbons (Fsp3) is 0.267. The maximum absolute atomic E-state index is 10.6. The number of aliphatic hydroxyl groups is 1. The number of amides is 1. The van der Waals surface area contributed by atoms with Gasteiger partial charge >= 0.3 is 6.09 Å². The van der Waals surface area contributed by atoms with Crippen molar-refractivity contribution in [2.45, 2.75) is 25.4 Å². The predicted octanol–water partition coefficient (Wildman–Crippen LogP) is 3.34. The Hall–Kier alpha value is -1.99. The lowest BCUT2D eigenvalue weighted by Crippen LogP contribution is -2.28. The summed E-state index contributed by atoms with van der Waals surface area (Å²) in [6.45, 7) is 3.75. The molecule has 0 spiro atoms. The molecule has 0 aliphatic rings. The van der Waals surface area contributed by atoms with Crippen molar-refractivity contribution in [3.63, 3.8) is 0 Å². The fourth-order valence-electron chi connectivity index (χ4n) is 2.03. The number of hydrogen-bond donors (Lipinski definition) is 3. The molecule has 2 heterocycles. The molecule has 0 saturated heterocycles. The summed E-state index contributed by atoms with van der Waals surface area (Å²) in [5.41, 5.74) is 0.867. The molecule has 22 heavy (non-hydrogen) atoms. The molecule has 0 aliphatic carbocycles. The van der Waals surface area contributed by atoms with Gasteiger partial charge in [0.05, 0.1) is 23.3 Å². The maximum atomic E-state index is 10.6. The summed E-state index contributed by atoms with van der Waals surface area (Å²) in [4.78, 5) is 19.0. The molecule has 6 nitrogen and oxygen atoms in total. The molecule has 0 radical (unpaired) electrons. The van der Waals surface area contributed by atoms with E-state index in [1.807, 2.05) is 26.0 Å². The van der Waals surface area contributed by atoms with Crippen molar-refractivity contribution in [3.8, 4) is 0 Å². The van der Waals surface area contributed by atoms with E-state index in [-0.39, 0.29) is 0 Å². The third-order valence-corrected chi connectivity index (χ3v) is 3.88. The van der Waals surface area contributed by atoms with Crippen molar-refractivity contribution < 1.29 is 15.0 Å². The highest BCUT2D eigenvalue weighted by Crippen LogP contribution is 2.35. The minimum atomic E-state index is -1.16. The highest BCUT2D eigenvalue weighted by atomic mass is 79.9. The summed E-state index contributed by atoms with van der Waals surface area (Å²) in [5, 5.41) is 21.5. The molecule has 0 saturated carbocycles. The molecule has 2 aromatic rings. The Balaban J connectivity index is 2.26. The van der Waals surface area contributed by atoms with Crippen LogP contribution in [0.25, 0.3) is 0 Å². The molecule has 0 aromatic carbocycles. The third kappa shape index (κ3) is 3.61. The van der Waals surface area contributed by atoms with E-state index >= 15 is 0 Å². The van der Waals surface area contributed by atoms with Gasteiger partial charge in [-0.05, 0) is 24.3 Å². The van der Waals surface area contributed by atoms with Crippen LogP contribution in [-0.2, 0) is 5.41 Å². The van der Waals surface area contributed by atoms with Gasteiger partial charge in [-0.25, -0.2) is 4.79 Å². The van der Waals surface area contributed by atoms with E-state index in [9.17, 15) is 9.90 Å². The molecular formula is C15H16BrN3O3. The number of carbonyl (C=O) groups is 1. The summed E-state index contributed by atoms with van der Waals surface area (Å²) < 4.78 is 0.881. The average Bonchev–Trinajstić information content (AvgIpc) is 2.46. The van der Waals surface area contributed by atoms with E-state index in [0.29, 0.717) is 11.4 Å². The number of halogens is 1. The monoisotopic (exact) mass is 365 g/mol. The van der Waals surface area contributed by atoms with Crippen LogP contribution in [0.5, 0.6) is 0 Å². The number of pyridine rings is 2. The van der Waals surface area contributed by atoms with Gasteiger partial charge in [0.15, 0.2) is 0 Å². The van der Waals surface area contributed by atoms with Crippen LogP contribution in [0.4, 0.5) is 10.5 Å². The lowest BCUT2D eigenvalue weighted by Gasteiger charge is -2.29. The first kappa shape index (κ1) is 16.4. The first-order chi connectivity index (χ1) is 10.3. The quantitative estimate of drug-likeness (QED) is 0.771. The molecule has 0 aliphatic heterocycles. The van der Waals surface area contributed by atoms with Crippen LogP contribution in [0.15, 0.2) is 41.1 Å². The molecule has 1 amide bonds. The zero-order chi connectivity index (χ0) is 16.3. The van der Waals surface area contributed by atoms with Crippen LogP contribution in [0.3, 0.4) is 0 Å². The number of nitrogens with one attached hydrogen (secondary N) is 1. The molecule has 1 unspecified atom stereocenters. The van der Waals surface area contributed by atoms with Crippen molar-refractivity contribution in [1.82, 2.24) is 9.97 Å². The molecule has 3 N–H and O–H groups in total. The van der Waals surface area contributed by atoms with E-state index in [4.69, 9.17) is 5.11 Å². The smallest absolute Gasteiger partial charge is 0.409 e. The zero-order valence-corrected chi connectivity index (χ0v) is 13.7. The Morgan fingerprint density at radius 1 is 1.32 bits per heavy atom. The van der Waals surface area contributed by atoms with Crippen LogP contribution in [0.2, 0.25) is 0 Å². The number of aliphatic hydroxyl groups excluding tert-OH is 1. The first-order valence-corrected chi connectivity index (χ1v) is 7.36. The van der Waals surface area contributed by atoms with Gasteiger partial charge in [0.1, 0.15) is 6.10 Å². The van der Waals surface area contributed by atoms with Gasteiger partial charge < -0.3 is 10.2 Å². The molecular weight excluding hydrogens is 350 g/mol. The predicted molar refractivity (Wildman–Crippen MR) is 85.8 cm³/mol. The van der Waals surface area contributed by atoms with Crippen LogP contribution in [0.1, 0.15) is 31.3 Å². The summed E-state index contributed by atoms with van der Waals surface area (Å²) in [7, 11) is 0. The van der Waals surface area contributed by atoms with Crippen LogP contribution >= 0.6 is 15.9 Å². The Kier molecular flexibility index (Phi) is 4.77. The first-order valence-electron chi connectivity index (χ1n) is 6.56. The molecule has 116 valence electrons. The van der Waals surface area contributed by atoms with E-state index in [0.717, 1.165) is 10.2 Å². The van der Waals surface area contributed by atoms with Gasteiger partial charge in [0, 0.05) is 16.1 Å². The van der Waals surface area contributed by atoms with Gasteiger partial charge in [-0.3, -0.25) is 15.3 Å². The standard InChI is InChI=1S/C15H16BrN3O3/c1-15(2,12-7-9(16)5-6-17-12)13(20)11-4-3-10(8-18-11)19-14(21)22/h3-8,13,19-20H,1-2H3,(H,21,22). The van der Waals surface area contributed by atoms with Gasteiger partial charge in [-0.1, -0.05) is 29.8 Å². The minimum Gasteiger partial charge on any atom is -0.465 e. The topological polar surface area (TPSA) is 95.3 Å². The average molecular weight is 366 g/mol. The number of anilines is 1. The number of carboxylic acid groups (broad SMARTS) is 1. The zero-order valence-electron chi connectivity index (χ0n) is 12.1. The van der Waals surface area contributed by atoms with Gasteiger partial charge in [0.2, 0.25) is 0 Å². The second-order valence-electron chi connectivity index (χ2n) is 5.39. The summed E-state index contributed by atoms with van der Waals surface area (Å²) in [6.07, 6.45) is 1.00. The maximum Gasteiger partial charge on any atom is 0.409 e. The van der Waals surface area contributed by atoms with E-state index in [1.54, 1.807) is 18.3 Å². The summed E-state index contributed by atoms with van der Waals surface area (Å²) in [5.74, 6) is 0. The lowest BCUT2D eigenvalue weighted by molar-refractivity contribution is 0.0938. The highest BCUT2D eigenvalue weighted by molar-refractivity contribution is 9.10. The second-order valence-corrected chi connectivity index (χ2v) is 6.30. The van der Waals surface area contributed by atoms with Crippen LogP contribution < -0.4 is 5.32 Å². The second kappa shape index (κ2) is 6.41. The Morgan fingerprint density at radius 3 is 2.59 bits per heavy atom. The minimum absolute atomic E-state index is 0.349. The number of rotatable bonds is 4. The molecule has 1 atom stereocenters. The van der Waals surface area contributed by atoms with Gasteiger partial charge in [-0.2, -0.15) is 0 Å². The lowest BCUT2D eigenvalue weighted by atomic mass is 9.81. The summed E-state index contributed by atoms with van der Waals surface area (Å²) >= 11 is 3.39.